The molecule has 0 fully saturated rings. The largest absolute Gasteiger partial charge is 0.349 e. The molecule has 0 saturated carbocycles. The highest BCUT2D eigenvalue weighted by Crippen LogP contribution is 2.08. The van der Waals surface area contributed by atoms with Crippen LogP contribution >= 0.6 is 0 Å². The van der Waals surface area contributed by atoms with Crippen molar-refractivity contribution in [2.75, 3.05) is 6.54 Å². The first kappa shape index (κ1) is 13.2. The normalized spacial score (nSPS) is 12.2. The number of aromatic nitrogens is 4. The second-order valence-electron chi connectivity index (χ2n) is 4.81. The SMILES string of the molecule is C[C@H](CNC(=O)c1cnc2ccccc2n1)n1ccnc1. The van der Waals surface area contributed by atoms with Gasteiger partial charge in [-0.2, -0.15) is 0 Å². The van der Waals surface area contributed by atoms with E-state index in [4.69, 9.17) is 0 Å². The Labute approximate surface area is 121 Å². The van der Waals surface area contributed by atoms with Crippen LogP contribution in [0.25, 0.3) is 11.0 Å². The van der Waals surface area contributed by atoms with Gasteiger partial charge in [0.05, 0.1) is 23.6 Å². The first-order valence-corrected chi connectivity index (χ1v) is 6.71. The van der Waals surface area contributed by atoms with Crippen molar-refractivity contribution in [1.82, 2.24) is 24.8 Å². The maximum atomic E-state index is 12.1. The molecule has 6 heteroatoms. The van der Waals surface area contributed by atoms with Crippen molar-refractivity contribution in [2.24, 2.45) is 0 Å². The third kappa shape index (κ3) is 2.89. The monoisotopic (exact) mass is 281 g/mol. The summed E-state index contributed by atoms with van der Waals surface area (Å²) in [6, 6.07) is 7.60. The Balaban J connectivity index is 1.69. The van der Waals surface area contributed by atoms with Crippen LogP contribution in [-0.4, -0.2) is 32.0 Å². The zero-order chi connectivity index (χ0) is 14.7. The van der Waals surface area contributed by atoms with E-state index in [1.165, 1.54) is 6.20 Å². The molecular weight excluding hydrogens is 266 g/mol. The topological polar surface area (TPSA) is 72.7 Å². The second-order valence-corrected chi connectivity index (χ2v) is 4.81. The molecule has 1 atom stereocenters. The fraction of sp³-hybridized carbons (Fsp3) is 0.200. The fourth-order valence-electron chi connectivity index (χ4n) is 2.03. The third-order valence-electron chi connectivity index (χ3n) is 3.27. The first-order chi connectivity index (χ1) is 10.2. The number of hydrogen-bond acceptors (Lipinski definition) is 4. The van der Waals surface area contributed by atoms with E-state index in [9.17, 15) is 4.79 Å². The smallest absolute Gasteiger partial charge is 0.271 e. The van der Waals surface area contributed by atoms with Gasteiger partial charge in [0.25, 0.3) is 5.91 Å². The molecule has 0 spiro atoms. The summed E-state index contributed by atoms with van der Waals surface area (Å²) in [6.07, 6.45) is 6.81. The molecule has 3 aromatic rings. The van der Waals surface area contributed by atoms with Gasteiger partial charge < -0.3 is 9.88 Å². The summed E-state index contributed by atoms with van der Waals surface area (Å²) in [5.74, 6) is -0.222. The molecule has 0 aliphatic carbocycles. The fourth-order valence-corrected chi connectivity index (χ4v) is 2.03. The Kier molecular flexibility index (Phi) is 3.59. The molecule has 106 valence electrons. The van der Waals surface area contributed by atoms with Crippen LogP contribution in [0.2, 0.25) is 0 Å². The van der Waals surface area contributed by atoms with Gasteiger partial charge in [0.15, 0.2) is 0 Å². The van der Waals surface area contributed by atoms with E-state index in [1.807, 2.05) is 42.0 Å². The molecule has 1 aromatic carbocycles. The van der Waals surface area contributed by atoms with E-state index in [1.54, 1.807) is 12.5 Å². The highest BCUT2D eigenvalue weighted by molar-refractivity contribution is 5.93. The minimum absolute atomic E-state index is 0.130. The van der Waals surface area contributed by atoms with Crippen LogP contribution in [0.1, 0.15) is 23.5 Å². The predicted octanol–water partition coefficient (Wildman–Crippen LogP) is 1.82. The highest BCUT2D eigenvalue weighted by atomic mass is 16.1. The van der Waals surface area contributed by atoms with Gasteiger partial charge >= 0.3 is 0 Å². The first-order valence-electron chi connectivity index (χ1n) is 6.71. The molecule has 3 rings (SSSR count). The van der Waals surface area contributed by atoms with E-state index in [0.29, 0.717) is 17.8 Å². The van der Waals surface area contributed by atoms with Crippen LogP contribution in [0.5, 0.6) is 0 Å². The number of nitrogens with zero attached hydrogens (tertiary/aromatic N) is 4. The van der Waals surface area contributed by atoms with Gasteiger partial charge in [0.2, 0.25) is 0 Å². The van der Waals surface area contributed by atoms with E-state index in [-0.39, 0.29) is 11.9 Å². The average Bonchev–Trinajstić information content (AvgIpc) is 3.06. The molecule has 21 heavy (non-hydrogen) atoms. The van der Waals surface area contributed by atoms with Crippen molar-refractivity contribution in [3.63, 3.8) is 0 Å². The zero-order valence-electron chi connectivity index (χ0n) is 11.6. The summed E-state index contributed by atoms with van der Waals surface area (Å²) in [5.41, 5.74) is 1.82. The summed E-state index contributed by atoms with van der Waals surface area (Å²) in [5, 5.41) is 2.86. The number of imidazole rings is 1. The van der Waals surface area contributed by atoms with Crippen molar-refractivity contribution in [1.29, 1.82) is 0 Å². The molecular formula is C15H15N5O. The van der Waals surface area contributed by atoms with E-state index in [0.717, 1.165) is 5.52 Å². The Morgan fingerprint density at radius 2 is 2.14 bits per heavy atom. The van der Waals surface area contributed by atoms with Crippen molar-refractivity contribution in [3.8, 4) is 0 Å². The molecule has 6 nitrogen and oxygen atoms in total. The lowest BCUT2D eigenvalue weighted by molar-refractivity contribution is 0.0943. The number of para-hydroxylation sites is 2. The summed E-state index contributed by atoms with van der Waals surface area (Å²) in [4.78, 5) is 24.7. The van der Waals surface area contributed by atoms with Crippen LogP contribution in [0.4, 0.5) is 0 Å². The maximum Gasteiger partial charge on any atom is 0.271 e. The molecule has 1 amide bonds. The van der Waals surface area contributed by atoms with Gasteiger partial charge in [-0.05, 0) is 19.1 Å². The average molecular weight is 281 g/mol. The van der Waals surface area contributed by atoms with E-state index < -0.39 is 0 Å². The predicted molar refractivity (Wildman–Crippen MR) is 78.8 cm³/mol. The van der Waals surface area contributed by atoms with E-state index in [2.05, 4.69) is 20.3 Å². The Morgan fingerprint density at radius 1 is 1.33 bits per heavy atom. The Hall–Kier alpha value is -2.76. The minimum Gasteiger partial charge on any atom is -0.349 e. The van der Waals surface area contributed by atoms with E-state index >= 15 is 0 Å². The Bertz CT molecular complexity index is 754. The lowest BCUT2D eigenvalue weighted by Gasteiger charge is -2.13. The summed E-state index contributed by atoms with van der Waals surface area (Å²) < 4.78 is 1.94. The number of amides is 1. The number of nitrogens with one attached hydrogen (secondary N) is 1. The lowest BCUT2D eigenvalue weighted by atomic mass is 10.3. The molecule has 0 saturated heterocycles. The molecule has 0 radical (unpaired) electrons. The zero-order valence-corrected chi connectivity index (χ0v) is 11.6. The molecule has 0 aliphatic rings. The molecule has 1 N–H and O–H groups in total. The quantitative estimate of drug-likeness (QED) is 0.791. The lowest BCUT2D eigenvalue weighted by Crippen LogP contribution is -2.30. The maximum absolute atomic E-state index is 12.1. The third-order valence-corrected chi connectivity index (χ3v) is 3.27. The van der Waals surface area contributed by atoms with Gasteiger partial charge in [0, 0.05) is 25.0 Å². The van der Waals surface area contributed by atoms with Gasteiger partial charge in [0.1, 0.15) is 5.69 Å². The summed E-state index contributed by atoms with van der Waals surface area (Å²) >= 11 is 0. The number of carbonyl (C=O) groups excluding carboxylic acids is 1. The van der Waals surface area contributed by atoms with Crippen molar-refractivity contribution in [2.45, 2.75) is 13.0 Å². The summed E-state index contributed by atoms with van der Waals surface area (Å²) in [7, 11) is 0. The number of rotatable bonds is 4. The van der Waals surface area contributed by atoms with Gasteiger partial charge in [-0.3, -0.25) is 9.78 Å². The molecule has 0 unspecified atom stereocenters. The molecule has 2 heterocycles. The molecule has 0 bridgehead atoms. The standard InChI is InChI=1S/C15H15N5O/c1-11(20-7-6-16-10-20)8-18-15(21)14-9-17-12-4-2-3-5-13(12)19-14/h2-7,9-11H,8H2,1H3,(H,18,21)/t11-/m1/s1. The highest BCUT2D eigenvalue weighted by Gasteiger charge is 2.11. The van der Waals surface area contributed by atoms with Crippen LogP contribution in [0.15, 0.2) is 49.2 Å². The number of benzene rings is 1. The van der Waals surface area contributed by atoms with Gasteiger partial charge in [-0.1, -0.05) is 12.1 Å². The van der Waals surface area contributed by atoms with Crippen LogP contribution in [0, 0.1) is 0 Å². The van der Waals surface area contributed by atoms with Crippen molar-refractivity contribution in [3.05, 3.63) is 54.9 Å². The molecule has 0 aliphatic heterocycles. The van der Waals surface area contributed by atoms with Crippen molar-refractivity contribution >= 4 is 16.9 Å². The number of carbonyl (C=O) groups is 1. The van der Waals surface area contributed by atoms with Gasteiger partial charge in [-0.25, -0.2) is 9.97 Å². The van der Waals surface area contributed by atoms with Crippen molar-refractivity contribution < 1.29 is 4.79 Å². The molecule has 2 aromatic heterocycles. The number of fused-ring (bicyclic) bond motifs is 1. The van der Waals surface area contributed by atoms with Crippen LogP contribution in [-0.2, 0) is 0 Å². The van der Waals surface area contributed by atoms with Crippen LogP contribution in [0.3, 0.4) is 0 Å². The Morgan fingerprint density at radius 3 is 2.90 bits per heavy atom. The van der Waals surface area contributed by atoms with Gasteiger partial charge in [-0.15, -0.1) is 0 Å². The minimum atomic E-state index is -0.222. The number of hydrogen-bond donors (Lipinski definition) is 1. The second kappa shape index (κ2) is 5.70. The van der Waals surface area contributed by atoms with Crippen LogP contribution < -0.4 is 5.32 Å². The summed E-state index contributed by atoms with van der Waals surface area (Å²) in [6.45, 7) is 2.51.